The zero-order chi connectivity index (χ0) is 14.0. The van der Waals surface area contributed by atoms with Crippen LogP contribution < -0.4 is 5.32 Å². The minimum Gasteiger partial charge on any atom is -0.383 e. The molecular weight excluding hydrogens is 228 g/mol. The fourth-order valence-corrected chi connectivity index (χ4v) is 1.78. The molecule has 4 nitrogen and oxygen atoms in total. The first-order valence-electron chi connectivity index (χ1n) is 6.98. The van der Waals surface area contributed by atoms with Gasteiger partial charge in [-0.3, -0.25) is 4.90 Å². The summed E-state index contributed by atoms with van der Waals surface area (Å²) in [5.74, 6) is 0.675. The Morgan fingerprint density at radius 3 is 2.17 bits per heavy atom. The van der Waals surface area contributed by atoms with E-state index in [0.29, 0.717) is 18.0 Å². The summed E-state index contributed by atoms with van der Waals surface area (Å²) in [6, 6.07) is 0.994. The fourth-order valence-electron chi connectivity index (χ4n) is 1.78. The molecule has 0 amide bonds. The standard InChI is InChI=1S/C14H32N2O2/c1-12(2)14(4)15-7-8-16(9-10-17-5)13(3)11-18-6/h12-15H,7-11H2,1-6H3. The van der Waals surface area contributed by atoms with Gasteiger partial charge < -0.3 is 14.8 Å². The molecule has 0 saturated heterocycles. The van der Waals surface area contributed by atoms with Crippen LogP contribution in [0.25, 0.3) is 0 Å². The van der Waals surface area contributed by atoms with Crippen LogP contribution in [0.1, 0.15) is 27.7 Å². The van der Waals surface area contributed by atoms with E-state index in [1.165, 1.54) is 0 Å². The molecule has 0 aliphatic heterocycles. The zero-order valence-electron chi connectivity index (χ0n) is 13.0. The second-order valence-electron chi connectivity index (χ2n) is 5.32. The molecular formula is C14H32N2O2. The fraction of sp³-hybridized carbons (Fsp3) is 1.00. The summed E-state index contributed by atoms with van der Waals surface area (Å²) in [6.07, 6.45) is 0. The number of ether oxygens (including phenoxy) is 2. The summed E-state index contributed by atoms with van der Waals surface area (Å²) in [7, 11) is 3.50. The van der Waals surface area contributed by atoms with Gasteiger partial charge in [-0.15, -0.1) is 0 Å². The van der Waals surface area contributed by atoms with Crippen molar-refractivity contribution in [3.63, 3.8) is 0 Å². The Bertz CT molecular complexity index is 189. The van der Waals surface area contributed by atoms with Crippen LogP contribution in [0, 0.1) is 5.92 Å². The van der Waals surface area contributed by atoms with Crippen molar-refractivity contribution in [3.05, 3.63) is 0 Å². The van der Waals surface area contributed by atoms with Crippen LogP contribution in [0.4, 0.5) is 0 Å². The van der Waals surface area contributed by atoms with Gasteiger partial charge in [0.25, 0.3) is 0 Å². The van der Waals surface area contributed by atoms with Crippen LogP contribution in [-0.4, -0.2) is 64.1 Å². The Morgan fingerprint density at radius 1 is 1.00 bits per heavy atom. The third kappa shape index (κ3) is 8.03. The lowest BCUT2D eigenvalue weighted by molar-refractivity contribution is 0.0750. The van der Waals surface area contributed by atoms with E-state index in [-0.39, 0.29) is 0 Å². The highest BCUT2D eigenvalue weighted by Crippen LogP contribution is 2.01. The predicted molar refractivity (Wildman–Crippen MR) is 77.1 cm³/mol. The van der Waals surface area contributed by atoms with Gasteiger partial charge in [-0.2, -0.15) is 0 Å². The topological polar surface area (TPSA) is 33.7 Å². The quantitative estimate of drug-likeness (QED) is 0.612. The third-order valence-electron chi connectivity index (χ3n) is 3.48. The third-order valence-corrected chi connectivity index (χ3v) is 3.48. The second-order valence-corrected chi connectivity index (χ2v) is 5.32. The Balaban J connectivity index is 3.99. The Labute approximate surface area is 113 Å². The van der Waals surface area contributed by atoms with Crippen LogP contribution in [-0.2, 0) is 9.47 Å². The van der Waals surface area contributed by atoms with E-state index in [0.717, 1.165) is 32.8 Å². The van der Waals surface area contributed by atoms with Crippen molar-refractivity contribution in [1.82, 2.24) is 10.2 Å². The minimum absolute atomic E-state index is 0.432. The lowest BCUT2D eigenvalue weighted by atomic mass is 10.1. The van der Waals surface area contributed by atoms with Gasteiger partial charge in [0, 0.05) is 45.9 Å². The average Bonchev–Trinajstić information content (AvgIpc) is 2.33. The van der Waals surface area contributed by atoms with Gasteiger partial charge in [0.15, 0.2) is 0 Å². The minimum atomic E-state index is 0.432. The molecule has 0 heterocycles. The highest BCUT2D eigenvalue weighted by Gasteiger charge is 2.14. The molecule has 1 N–H and O–H groups in total. The lowest BCUT2D eigenvalue weighted by Gasteiger charge is -2.29. The van der Waals surface area contributed by atoms with Crippen molar-refractivity contribution in [2.45, 2.75) is 39.8 Å². The van der Waals surface area contributed by atoms with Gasteiger partial charge in [-0.25, -0.2) is 0 Å². The number of hydrogen-bond donors (Lipinski definition) is 1. The van der Waals surface area contributed by atoms with Crippen molar-refractivity contribution < 1.29 is 9.47 Å². The molecule has 0 radical (unpaired) electrons. The molecule has 0 aromatic heterocycles. The molecule has 0 aromatic carbocycles. The van der Waals surface area contributed by atoms with E-state index in [2.05, 4.69) is 37.9 Å². The van der Waals surface area contributed by atoms with Crippen molar-refractivity contribution in [1.29, 1.82) is 0 Å². The van der Waals surface area contributed by atoms with Gasteiger partial charge in [0.05, 0.1) is 13.2 Å². The molecule has 0 aromatic rings. The van der Waals surface area contributed by atoms with Gasteiger partial charge in [-0.1, -0.05) is 13.8 Å². The van der Waals surface area contributed by atoms with E-state index < -0.39 is 0 Å². The molecule has 0 aliphatic carbocycles. The second kappa shape index (κ2) is 10.7. The molecule has 0 rings (SSSR count). The molecule has 4 heteroatoms. The van der Waals surface area contributed by atoms with E-state index >= 15 is 0 Å². The summed E-state index contributed by atoms with van der Waals surface area (Å²) in [5, 5.41) is 3.56. The highest BCUT2D eigenvalue weighted by molar-refractivity contribution is 4.70. The van der Waals surface area contributed by atoms with Crippen LogP contribution in [0.15, 0.2) is 0 Å². The monoisotopic (exact) mass is 260 g/mol. The smallest absolute Gasteiger partial charge is 0.0615 e. The highest BCUT2D eigenvalue weighted by atomic mass is 16.5. The number of methoxy groups -OCH3 is 2. The number of nitrogens with zero attached hydrogens (tertiary/aromatic N) is 1. The summed E-state index contributed by atoms with van der Waals surface area (Å²) >= 11 is 0. The summed E-state index contributed by atoms with van der Waals surface area (Å²) < 4.78 is 10.4. The summed E-state index contributed by atoms with van der Waals surface area (Å²) in [4.78, 5) is 2.41. The van der Waals surface area contributed by atoms with Crippen molar-refractivity contribution in [2.24, 2.45) is 5.92 Å². The SMILES string of the molecule is COCCN(CCNC(C)C(C)C)C(C)COC. The number of hydrogen-bond acceptors (Lipinski definition) is 4. The van der Waals surface area contributed by atoms with E-state index in [1.807, 2.05) is 0 Å². The molecule has 0 fully saturated rings. The molecule has 110 valence electrons. The van der Waals surface area contributed by atoms with E-state index in [4.69, 9.17) is 9.47 Å². The first-order chi connectivity index (χ1) is 8.52. The van der Waals surface area contributed by atoms with Crippen molar-refractivity contribution in [2.75, 3.05) is 47.1 Å². The van der Waals surface area contributed by atoms with Gasteiger partial charge in [-0.05, 0) is 19.8 Å². The first-order valence-corrected chi connectivity index (χ1v) is 6.98. The van der Waals surface area contributed by atoms with E-state index in [1.54, 1.807) is 14.2 Å². The normalized spacial score (nSPS) is 15.3. The largest absolute Gasteiger partial charge is 0.383 e. The molecule has 0 spiro atoms. The van der Waals surface area contributed by atoms with Crippen LogP contribution >= 0.6 is 0 Å². The molecule has 0 saturated carbocycles. The Morgan fingerprint density at radius 2 is 1.67 bits per heavy atom. The number of rotatable bonds is 11. The lowest BCUT2D eigenvalue weighted by Crippen LogP contribution is -2.44. The average molecular weight is 260 g/mol. The van der Waals surface area contributed by atoms with Crippen molar-refractivity contribution in [3.8, 4) is 0 Å². The predicted octanol–water partition coefficient (Wildman–Crippen LogP) is 1.60. The summed E-state index contributed by atoms with van der Waals surface area (Å²) in [5.41, 5.74) is 0. The van der Waals surface area contributed by atoms with E-state index in [9.17, 15) is 0 Å². The molecule has 2 unspecified atom stereocenters. The van der Waals surface area contributed by atoms with Gasteiger partial charge >= 0.3 is 0 Å². The van der Waals surface area contributed by atoms with Gasteiger partial charge in [0.2, 0.25) is 0 Å². The Hall–Kier alpha value is -0.160. The molecule has 0 aliphatic rings. The van der Waals surface area contributed by atoms with Crippen LogP contribution in [0.2, 0.25) is 0 Å². The number of nitrogens with one attached hydrogen (secondary N) is 1. The van der Waals surface area contributed by atoms with Crippen molar-refractivity contribution >= 4 is 0 Å². The molecule has 2 atom stereocenters. The molecule has 0 bridgehead atoms. The maximum Gasteiger partial charge on any atom is 0.0615 e. The molecule has 18 heavy (non-hydrogen) atoms. The Kier molecular flexibility index (Phi) is 10.6. The van der Waals surface area contributed by atoms with Crippen LogP contribution in [0.3, 0.4) is 0 Å². The van der Waals surface area contributed by atoms with Gasteiger partial charge in [0.1, 0.15) is 0 Å². The maximum absolute atomic E-state index is 5.23. The maximum atomic E-state index is 5.23. The first kappa shape index (κ1) is 17.8. The zero-order valence-corrected chi connectivity index (χ0v) is 13.0. The summed E-state index contributed by atoms with van der Waals surface area (Å²) in [6.45, 7) is 13.5. The van der Waals surface area contributed by atoms with Crippen LogP contribution in [0.5, 0.6) is 0 Å².